The first-order valence-electron chi connectivity index (χ1n) is 5.35. The minimum atomic E-state index is -0.282. The summed E-state index contributed by atoms with van der Waals surface area (Å²) in [6.45, 7) is 0. The molecule has 1 aromatic carbocycles. The van der Waals surface area contributed by atoms with Crippen LogP contribution < -0.4 is 11.2 Å². The van der Waals surface area contributed by atoms with Crippen LogP contribution in [0.5, 0.6) is 0 Å². The maximum Gasteiger partial charge on any atom is 0.271 e. The number of nitrogens with two attached hydrogens (primary N) is 1. The van der Waals surface area contributed by atoms with Crippen molar-refractivity contribution >= 4 is 17.8 Å². The van der Waals surface area contributed by atoms with Crippen molar-refractivity contribution in [3.8, 4) is 0 Å². The van der Waals surface area contributed by atoms with Gasteiger partial charge in [0.2, 0.25) is 0 Å². The van der Waals surface area contributed by atoms with Crippen molar-refractivity contribution in [2.75, 3.05) is 5.73 Å². The summed E-state index contributed by atoms with van der Waals surface area (Å²) in [4.78, 5) is 15.6. The zero-order chi connectivity index (χ0) is 12.8. The molecule has 0 bridgehead atoms. The molecular weight excluding hydrogens is 228 g/mol. The second kappa shape index (κ2) is 5.58. The van der Waals surface area contributed by atoms with Crippen LogP contribution in [-0.4, -0.2) is 17.1 Å². The first-order valence-corrected chi connectivity index (χ1v) is 5.35. The molecule has 18 heavy (non-hydrogen) atoms. The maximum atomic E-state index is 11.7. The average molecular weight is 240 g/mol. The van der Waals surface area contributed by atoms with Gasteiger partial charge in [0.05, 0.1) is 6.21 Å². The Morgan fingerprint density at radius 2 is 2.06 bits per heavy atom. The average Bonchev–Trinajstić information content (AvgIpc) is 2.40. The lowest BCUT2D eigenvalue weighted by atomic mass is 10.2. The number of aromatic nitrogens is 1. The minimum absolute atomic E-state index is 0.282. The molecule has 0 aliphatic heterocycles. The van der Waals surface area contributed by atoms with Crippen LogP contribution in [0.1, 0.15) is 15.9 Å². The van der Waals surface area contributed by atoms with E-state index in [0.717, 1.165) is 5.56 Å². The molecule has 5 heteroatoms. The normalized spacial score (nSPS) is 10.4. The van der Waals surface area contributed by atoms with Gasteiger partial charge in [0.15, 0.2) is 0 Å². The molecule has 5 nitrogen and oxygen atoms in total. The Morgan fingerprint density at radius 3 is 2.72 bits per heavy atom. The topological polar surface area (TPSA) is 80.4 Å². The third-order valence-electron chi connectivity index (χ3n) is 2.24. The second-order valence-electron chi connectivity index (χ2n) is 3.61. The van der Waals surface area contributed by atoms with Gasteiger partial charge in [-0.25, -0.2) is 5.43 Å². The van der Waals surface area contributed by atoms with Gasteiger partial charge in [0.25, 0.3) is 5.91 Å². The fourth-order valence-corrected chi connectivity index (χ4v) is 1.32. The molecule has 3 N–H and O–H groups in total. The Morgan fingerprint density at radius 1 is 1.28 bits per heavy atom. The van der Waals surface area contributed by atoms with E-state index in [-0.39, 0.29) is 5.91 Å². The van der Waals surface area contributed by atoms with Crippen LogP contribution in [0.25, 0.3) is 0 Å². The molecule has 2 aromatic rings. The van der Waals surface area contributed by atoms with E-state index < -0.39 is 0 Å². The Labute approximate surface area is 104 Å². The lowest BCUT2D eigenvalue weighted by Gasteiger charge is -1.99. The smallest absolute Gasteiger partial charge is 0.271 e. The molecule has 0 fully saturated rings. The molecule has 0 atom stereocenters. The van der Waals surface area contributed by atoms with E-state index in [1.165, 1.54) is 6.21 Å². The van der Waals surface area contributed by atoms with Crippen LogP contribution in [0.3, 0.4) is 0 Å². The number of pyridine rings is 1. The zero-order valence-corrected chi connectivity index (χ0v) is 9.58. The van der Waals surface area contributed by atoms with Crippen LogP contribution in [0.15, 0.2) is 53.9 Å². The number of carbonyl (C=O) groups excluding carboxylic acids is 1. The Kier molecular flexibility index (Phi) is 3.66. The number of hydrogen-bond donors (Lipinski definition) is 2. The molecule has 0 saturated heterocycles. The van der Waals surface area contributed by atoms with E-state index in [9.17, 15) is 4.79 Å². The molecule has 0 aliphatic rings. The van der Waals surface area contributed by atoms with Crippen molar-refractivity contribution in [2.24, 2.45) is 5.10 Å². The highest BCUT2D eigenvalue weighted by molar-refractivity contribution is 5.95. The predicted octanol–water partition coefficient (Wildman–Crippen LogP) is 1.43. The summed E-state index contributed by atoms with van der Waals surface area (Å²) in [6.07, 6.45) is 4.85. The number of carbonyl (C=O) groups is 1. The van der Waals surface area contributed by atoms with Crippen LogP contribution in [-0.2, 0) is 0 Å². The van der Waals surface area contributed by atoms with Gasteiger partial charge >= 0.3 is 0 Å². The molecule has 0 radical (unpaired) electrons. The monoisotopic (exact) mass is 240 g/mol. The minimum Gasteiger partial charge on any atom is -0.399 e. The van der Waals surface area contributed by atoms with Gasteiger partial charge in [-0.3, -0.25) is 9.78 Å². The SMILES string of the molecule is Nc1ccc(C(=O)N/N=C\c2cccnc2)cc1. The number of hydrogen-bond acceptors (Lipinski definition) is 4. The van der Waals surface area contributed by atoms with E-state index in [0.29, 0.717) is 11.3 Å². The van der Waals surface area contributed by atoms with Crippen molar-refractivity contribution < 1.29 is 4.79 Å². The Bertz CT molecular complexity index is 549. The summed E-state index contributed by atoms with van der Waals surface area (Å²) in [5, 5.41) is 3.84. The Hall–Kier alpha value is -2.69. The number of nitrogens with zero attached hydrogens (tertiary/aromatic N) is 2. The van der Waals surface area contributed by atoms with E-state index in [2.05, 4.69) is 15.5 Å². The van der Waals surface area contributed by atoms with Gasteiger partial charge in [-0.15, -0.1) is 0 Å². The summed E-state index contributed by atoms with van der Waals surface area (Å²) < 4.78 is 0. The fraction of sp³-hybridized carbons (Fsp3) is 0. The van der Waals surface area contributed by atoms with E-state index in [4.69, 9.17) is 5.73 Å². The summed E-state index contributed by atoms with van der Waals surface area (Å²) in [5.41, 5.74) is 9.90. The summed E-state index contributed by atoms with van der Waals surface area (Å²) in [7, 11) is 0. The molecule has 90 valence electrons. The quantitative estimate of drug-likeness (QED) is 0.484. The highest BCUT2D eigenvalue weighted by Gasteiger charge is 2.02. The van der Waals surface area contributed by atoms with Gasteiger partial charge in [-0.1, -0.05) is 6.07 Å². The van der Waals surface area contributed by atoms with Gasteiger partial charge < -0.3 is 5.73 Å². The van der Waals surface area contributed by atoms with Crippen molar-refractivity contribution in [3.63, 3.8) is 0 Å². The van der Waals surface area contributed by atoms with Crippen LogP contribution in [0.2, 0.25) is 0 Å². The molecule has 0 spiro atoms. The zero-order valence-electron chi connectivity index (χ0n) is 9.58. The fourth-order valence-electron chi connectivity index (χ4n) is 1.32. The standard InChI is InChI=1S/C13H12N4O/c14-12-5-3-11(4-6-12)13(18)17-16-9-10-2-1-7-15-8-10/h1-9H,14H2,(H,17,18)/b16-9-. The molecule has 1 heterocycles. The van der Waals surface area contributed by atoms with E-state index >= 15 is 0 Å². The van der Waals surface area contributed by atoms with Gasteiger partial charge in [-0.2, -0.15) is 5.10 Å². The van der Waals surface area contributed by atoms with Crippen molar-refractivity contribution in [1.82, 2.24) is 10.4 Å². The van der Waals surface area contributed by atoms with E-state index in [1.807, 2.05) is 6.07 Å². The molecule has 1 aromatic heterocycles. The third-order valence-corrected chi connectivity index (χ3v) is 2.24. The first-order chi connectivity index (χ1) is 8.75. The first kappa shape index (κ1) is 11.8. The molecule has 1 amide bonds. The lowest BCUT2D eigenvalue weighted by molar-refractivity contribution is 0.0955. The number of nitrogen functional groups attached to an aromatic ring is 1. The molecule has 0 saturated carbocycles. The van der Waals surface area contributed by atoms with Crippen molar-refractivity contribution in [2.45, 2.75) is 0 Å². The highest BCUT2D eigenvalue weighted by atomic mass is 16.2. The van der Waals surface area contributed by atoms with Crippen LogP contribution in [0.4, 0.5) is 5.69 Å². The predicted molar refractivity (Wildman–Crippen MR) is 70.2 cm³/mol. The lowest BCUT2D eigenvalue weighted by Crippen LogP contribution is -2.17. The van der Waals surface area contributed by atoms with Crippen LogP contribution >= 0.6 is 0 Å². The van der Waals surface area contributed by atoms with Crippen molar-refractivity contribution in [1.29, 1.82) is 0 Å². The summed E-state index contributed by atoms with van der Waals surface area (Å²) in [5.74, 6) is -0.282. The summed E-state index contributed by atoms with van der Waals surface area (Å²) >= 11 is 0. The van der Waals surface area contributed by atoms with Crippen molar-refractivity contribution in [3.05, 3.63) is 59.9 Å². The number of anilines is 1. The largest absolute Gasteiger partial charge is 0.399 e. The van der Waals surface area contributed by atoms with Gasteiger partial charge in [0.1, 0.15) is 0 Å². The van der Waals surface area contributed by atoms with Crippen LogP contribution in [0, 0.1) is 0 Å². The second-order valence-corrected chi connectivity index (χ2v) is 3.61. The summed E-state index contributed by atoms with van der Waals surface area (Å²) in [6, 6.07) is 10.3. The number of hydrazone groups is 1. The van der Waals surface area contributed by atoms with E-state index in [1.54, 1.807) is 42.7 Å². The molecule has 2 rings (SSSR count). The number of benzene rings is 1. The molecule has 0 aliphatic carbocycles. The Balaban J connectivity index is 1.96. The number of nitrogens with one attached hydrogen (secondary N) is 1. The van der Waals surface area contributed by atoms with Gasteiger partial charge in [0, 0.05) is 29.2 Å². The maximum absolute atomic E-state index is 11.7. The molecular formula is C13H12N4O. The number of amides is 1. The highest BCUT2D eigenvalue weighted by Crippen LogP contribution is 2.04. The third kappa shape index (κ3) is 3.15. The number of rotatable bonds is 3. The molecule has 0 unspecified atom stereocenters. The van der Waals surface area contributed by atoms with Gasteiger partial charge in [-0.05, 0) is 30.3 Å².